The number of anilines is 1. The lowest BCUT2D eigenvalue weighted by molar-refractivity contribution is 0.0663. The van der Waals surface area contributed by atoms with Crippen molar-refractivity contribution in [1.29, 1.82) is 0 Å². The van der Waals surface area contributed by atoms with Gasteiger partial charge in [0.05, 0.1) is 10.7 Å². The highest BCUT2D eigenvalue weighted by Crippen LogP contribution is 2.26. The number of rotatable bonds is 7. The van der Waals surface area contributed by atoms with Crippen LogP contribution in [0.5, 0.6) is 5.75 Å². The largest absolute Gasteiger partial charge is 0.491 e. The summed E-state index contributed by atoms with van der Waals surface area (Å²) in [6.45, 7) is 6.71. The van der Waals surface area contributed by atoms with E-state index in [1.165, 1.54) is 5.56 Å². The zero-order valence-electron chi connectivity index (χ0n) is 15.3. The summed E-state index contributed by atoms with van der Waals surface area (Å²) < 4.78 is 5.75. The van der Waals surface area contributed by atoms with Crippen LogP contribution in [0.3, 0.4) is 0 Å². The Labute approximate surface area is 160 Å². The summed E-state index contributed by atoms with van der Waals surface area (Å²) >= 11 is 6.29. The maximum atomic E-state index is 10.3. The monoisotopic (exact) mass is 374 g/mol. The Bertz CT molecular complexity index is 702. The normalized spacial score (nSPS) is 16.5. The number of hydrogen-bond acceptors (Lipinski definition) is 4. The van der Waals surface area contributed by atoms with E-state index in [0.29, 0.717) is 13.2 Å². The zero-order chi connectivity index (χ0) is 18.4. The molecular formula is C21H27ClN2O2. The van der Waals surface area contributed by atoms with E-state index in [1.54, 1.807) is 0 Å². The molecule has 26 heavy (non-hydrogen) atoms. The highest BCUT2D eigenvalue weighted by Gasteiger charge is 2.20. The first-order chi connectivity index (χ1) is 12.7. The molecule has 0 aromatic heterocycles. The fourth-order valence-corrected chi connectivity index (χ4v) is 3.53. The molecule has 0 unspecified atom stereocenters. The first-order valence-electron chi connectivity index (χ1n) is 9.27. The molecule has 0 saturated carbocycles. The van der Waals surface area contributed by atoms with Crippen molar-refractivity contribution < 1.29 is 9.84 Å². The third kappa shape index (κ3) is 5.13. The molecule has 1 aliphatic heterocycles. The van der Waals surface area contributed by atoms with E-state index in [2.05, 4.69) is 28.9 Å². The second-order valence-electron chi connectivity index (χ2n) is 6.70. The SMILES string of the molecule is CCc1cccc(OC[C@H](O)CN2CCN(c3ccccc3Cl)CC2)c1. The van der Waals surface area contributed by atoms with Gasteiger partial charge >= 0.3 is 0 Å². The number of benzene rings is 2. The average molecular weight is 375 g/mol. The first-order valence-corrected chi connectivity index (χ1v) is 9.65. The fraction of sp³-hybridized carbons (Fsp3) is 0.429. The Balaban J connectivity index is 1.43. The molecule has 0 spiro atoms. The van der Waals surface area contributed by atoms with E-state index in [4.69, 9.17) is 16.3 Å². The predicted octanol–water partition coefficient (Wildman–Crippen LogP) is 3.46. The standard InChI is InChI=1S/C21H27ClN2O2/c1-2-17-6-5-7-19(14-17)26-16-18(25)15-23-10-12-24(13-11-23)21-9-4-3-8-20(21)22/h3-9,14,18,25H,2,10-13,15-16H2,1H3/t18-/m1/s1. The van der Waals surface area contributed by atoms with Crippen LogP contribution in [0.4, 0.5) is 5.69 Å². The molecule has 0 aliphatic carbocycles. The van der Waals surface area contributed by atoms with Crippen LogP contribution in [0.25, 0.3) is 0 Å². The summed E-state index contributed by atoms with van der Waals surface area (Å²) in [5.74, 6) is 0.826. The van der Waals surface area contributed by atoms with Crippen molar-refractivity contribution in [3.8, 4) is 5.75 Å². The van der Waals surface area contributed by atoms with Crippen molar-refractivity contribution in [3.63, 3.8) is 0 Å². The molecule has 0 bridgehead atoms. The smallest absolute Gasteiger partial charge is 0.119 e. The molecule has 1 fully saturated rings. The van der Waals surface area contributed by atoms with E-state index in [1.807, 2.05) is 36.4 Å². The molecule has 1 aliphatic rings. The van der Waals surface area contributed by atoms with E-state index in [-0.39, 0.29) is 0 Å². The molecule has 1 heterocycles. The Morgan fingerprint density at radius 3 is 2.58 bits per heavy atom. The van der Waals surface area contributed by atoms with Gasteiger partial charge in [0.1, 0.15) is 18.5 Å². The van der Waals surface area contributed by atoms with E-state index in [9.17, 15) is 5.11 Å². The van der Waals surface area contributed by atoms with E-state index in [0.717, 1.165) is 49.1 Å². The zero-order valence-corrected chi connectivity index (χ0v) is 16.0. The number of halogens is 1. The lowest BCUT2D eigenvalue weighted by atomic mass is 10.2. The summed E-state index contributed by atoms with van der Waals surface area (Å²) in [7, 11) is 0. The van der Waals surface area contributed by atoms with Gasteiger partial charge in [-0.2, -0.15) is 0 Å². The van der Waals surface area contributed by atoms with Crippen LogP contribution >= 0.6 is 11.6 Å². The number of para-hydroxylation sites is 1. The molecule has 0 amide bonds. The van der Waals surface area contributed by atoms with Crippen LogP contribution < -0.4 is 9.64 Å². The third-order valence-electron chi connectivity index (χ3n) is 4.78. The maximum absolute atomic E-state index is 10.3. The molecule has 4 nitrogen and oxygen atoms in total. The van der Waals surface area contributed by atoms with Gasteiger partial charge in [0.15, 0.2) is 0 Å². The van der Waals surface area contributed by atoms with Gasteiger partial charge in [0.2, 0.25) is 0 Å². The summed E-state index contributed by atoms with van der Waals surface area (Å²) in [4.78, 5) is 4.59. The molecule has 1 atom stereocenters. The Morgan fingerprint density at radius 2 is 1.85 bits per heavy atom. The lowest BCUT2D eigenvalue weighted by Gasteiger charge is -2.37. The predicted molar refractivity (Wildman–Crippen MR) is 107 cm³/mol. The van der Waals surface area contributed by atoms with Crippen LogP contribution in [0.1, 0.15) is 12.5 Å². The summed E-state index contributed by atoms with van der Waals surface area (Å²) in [5.41, 5.74) is 2.33. The van der Waals surface area contributed by atoms with Gasteiger partial charge in [-0.25, -0.2) is 0 Å². The van der Waals surface area contributed by atoms with Gasteiger partial charge in [-0.1, -0.05) is 42.8 Å². The topological polar surface area (TPSA) is 35.9 Å². The fourth-order valence-electron chi connectivity index (χ4n) is 3.28. The second kappa shape index (κ2) is 9.26. The van der Waals surface area contributed by atoms with Gasteiger partial charge < -0.3 is 14.7 Å². The number of aliphatic hydroxyl groups excluding tert-OH is 1. The first kappa shape index (κ1) is 19.0. The molecule has 2 aromatic carbocycles. The van der Waals surface area contributed by atoms with Crippen molar-refractivity contribution in [2.75, 3.05) is 44.2 Å². The van der Waals surface area contributed by atoms with E-state index < -0.39 is 6.10 Å². The quantitative estimate of drug-likeness (QED) is 0.805. The number of hydrogen-bond donors (Lipinski definition) is 1. The highest BCUT2D eigenvalue weighted by molar-refractivity contribution is 6.33. The maximum Gasteiger partial charge on any atom is 0.119 e. The van der Waals surface area contributed by atoms with Crippen LogP contribution in [-0.2, 0) is 6.42 Å². The van der Waals surface area contributed by atoms with Crippen molar-refractivity contribution in [3.05, 3.63) is 59.1 Å². The summed E-state index contributed by atoms with van der Waals surface area (Å²) in [5, 5.41) is 11.1. The molecule has 3 rings (SSSR count). The molecule has 2 aromatic rings. The minimum atomic E-state index is -0.493. The van der Waals surface area contributed by atoms with Gasteiger partial charge in [-0.15, -0.1) is 0 Å². The van der Waals surface area contributed by atoms with Crippen molar-refractivity contribution in [1.82, 2.24) is 4.90 Å². The molecule has 1 N–H and O–H groups in total. The number of β-amino-alcohol motifs (C(OH)–C–C–N with tert-alkyl or cyclic N) is 1. The van der Waals surface area contributed by atoms with E-state index >= 15 is 0 Å². The molecule has 5 heteroatoms. The van der Waals surface area contributed by atoms with Crippen LogP contribution in [-0.4, -0.2) is 55.4 Å². The van der Waals surface area contributed by atoms with Gasteiger partial charge in [-0.3, -0.25) is 4.90 Å². The molecular weight excluding hydrogens is 348 g/mol. The van der Waals surface area contributed by atoms with Crippen molar-refractivity contribution in [2.45, 2.75) is 19.4 Å². The average Bonchev–Trinajstić information content (AvgIpc) is 2.68. The Hall–Kier alpha value is -1.75. The molecule has 140 valence electrons. The molecule has 0 radical (unpaired) electrons. The number of piperazine rings is 1. The highest BCUT2D eigenvalue weighted by atomic mass is 35.5. The third-order valence-corrected chi connectivity index (χ3v) is 5.10. The summed E-state index contributed by atoms with van der Waals surface area (Å²) in [6, 6.07) is 16.0. The van der Waals surface area contributed by atoms with Crippen LogP contribution in [0, 0.1) is 0 Å². The summed E-state index contributed by atoms with van der Waals surface area (Å²) in [6.07, 6.45) is 0.488. The van der Waals surface area contributed by atoms with Gasteiger partial charge in [-0.05, 0) is 36.2 Å². The minimum absolute atomic E-state index is 0.317. The minimum Gasteiger partial charge on any atom is -0.491 e. The van der Waals surface area contributed by atoms with Gasteiger partial charge in [0, 0.05) is 32.7 Å². The lowest BCUT2D eigenvalue weighted by Crippen LogP contribution is -2.49. The number of ether oxygens (including phenoxy) is 1. The van der Waals surface area contributed by atoms with Crippen LogP contribution in [0.15, 0.2) is 48.5 Å². The Morgan fingerprint density at radius 1 is 1.08 bits per heavy atom. The second-order valence-corrected chi connectivity index (χ2v) is 7.11. The van der Waals surface area contributed by atoms with Gasteiger partial charge in [0.25, 0.3) is 0 Å². The number of aryl methyl sites for hydroxylation is 1. The number of nitrogens with zero attached hydrogens (tertiary/aromatic N) is 2. The van der Waals surface area contributed by atoms with Crippen LogP contribution in [0.2, 0.25) is 5.02 Å². The van der Waals surface area contributed by atoms with Crippen molar-refractivity contribution in [2.24, 2.45) is 0 Å². The number of aliphatic hydroxyl groups is 1. The Kier molecular flexibility index (Phi) is 6.78. The van der Waals surface area contributed by atoms with Crippen molar-refractivity contribution >= 4 is 17.3 Å². The molecule has 1 saturated heterocycles.